The van der Waals surface area contributed by atoms with E-state index in [-0.39, 0.29) is 0 Å². The molecular formula is C16H42N2O4Si2. The monoisotopic (exact) mass is 382 g/mol. The predicted octanol–water partition coefficient (Wildman–Crippen LogP) is 2.12. The van der Waals surface area contributed by atoms with Gasteiger partial charge in [-0.3, -0.25) is 0 Å². The number of nitrogens with one attached hydrogen (secondary N) is 1. The first-order chi connectivity index (χ1) is 11.3. The zero-order valence-corrected chi connectivity index (χ0v) is 19.6. The Balaban J connectivity index is 0. The molecule has 1 unspecified atom stereocenters. The minimum absolute atomic E-state index is 0.551. The maximum atomic E-state index is 5.59. The number of hydrogen-bond donors (Lipinski definition) is 1. The van der Waals surface area contributed by atoms with Crippen LogP contribution in [0.15, 0.2) is 0 Å². The highest BCUT2D eigenvalue weighted by Crippen LogP contribution is 2.06. The smallest absolute Gasteiger partial charge is 0.349 e. The summed E-state index contributed by atoms with van der Waals surface area (Å²) in [6, 6.07) is 1.61. The Labute approximate surface area is 153 Å². The van der Waals surface area contributed by atoms with Crippen LogP contribution in [0.4, 0.5) is 0 Å². The van der Waals surface area contributed by atoms with Crippen LogP contribution in [0.5, 0.6) is 0 Å². The molecule has 0 bridgehead atoms. The molecule has 0 spiro atoms. The molecule has 6 nitrogen and oxygen atoms in total. The first-order valence-corrected chi connectivity index (χ1v) is 13.4. The van der Waals surface area contributed by atoms with Crippen molar-refractivity contribution in [3.63, 3.8) is 0 Å². The van der Waals surface area contributed by atoms with E-state index in [9.17, 15) is 0 Å². The van der Waals surface area contributed by atoms with E-state index in [1.165, 1.54) is 0 Å². The molecular weight excluding hydrogens is 340 g/mol. The lowest BCUT2D eigenvalue weighted by molar-refractivity contribution is 0.188. The summed E-state index contributed by atoms with van der Waals surface area (Å²) in [4.78, 5) is 2.21. The van der Waals surface area contributed by atoms with Gasteiger partial charge in [0.25, 0.3) is 0 Å². The van der Waals surface area contributed by atoms with Crippen molar-refractivity contribution in [1.82, 2.24) is 10.2 Å². The van der Waals surface area contributed by atoms with Crippen LogP contribution >= 0.6 is 0 Å². The molecule has 0 aliphatic rings. The second-order valence-electron chi connectivity index (χ2n) is 5.92. The molecule has 0 aromatic rings. The number of hydrogen-bond acceptors (Lipinski definition) is 6. The van der Waals surface area contributed by atoms with Crippen LogP contribution in [0.1, 0.15) is 34.6 Å². The fraction of sp³-hybridized carbons (Fsp3) is 1.00. The van der Waals surface area contributed by atoms with Crippen LogP contribution in [-0.4, -0.2) is 82.5 Å². The van der Waals surface area contributed by atoms with Crippen LogP contribution < -0.4 is 5.32 Å². The molecule has 0 fully saturated rings. The Hall–Kier alpha value is 0.194. The first kappa shape index (κ1) is 26.4. The Morgan fingerprint density at radius 1 is 0.958 bits per heavy atom. The fourth-order valence-electron chi connectivity index (χ4n) is 2.12. The normalized spacial score (nSPS) is 13.1. The molecule has 24 heavy (non-hydrogen) atoms. The van der Waals surface area contributed by atoms with Crippen LogP contribution in [0.25, 0.3) is 0 Å². The molecule has 0 rings (SSSR count). The summed E-state index contributed by atoms with van der Waals surface area (Å²) in [6.45, 7) is 15.4. The van der Waals surface area contributed by atoms with E-state index in [1.807, 2.05) is 34.7 Å². The number of rotatable bonds is 13. The van der Waals surface area contributed by atoms with Crippen LogP contribution in [0.3, 0.4) is 0 Å². The minimum Gasteiger partial charge on any atom is -0.397 e. The zero-order valence-electron chi connectivity index (χ0n) is 17.5. The highest BCUT2D eigenvalue weighted by molar-refractivity contribution is 6.66. The molecule has 0 aromatic carbocycles. The summed E-state index contributed by atoms with van der Waals surface area (Å²) in [6.07, 6.45) is 0.856. The molecule has 0 aromatic heterocycles. The Bertz CT molecular complexity index is 251. The van der Waals surface area contributed by atoms with E-state index in [2.05, 4.69) is 37.8 Å². The third kappa shape index (κ3) is 14.5. The third-order valence-electron chi connectivity index (χ3n) is 3.52. The van der Waals surface area contributed by atoms with E-state index in [0.29, 0.717) is 6.04 Å². The molecule has 0 aliphatic heterocycles. The Morgan fingerprint density at radius 3 is 1.71 bits per heavy atom. The van der Waals surface area contributed by atoms with Crippen molar-refractivity contribution in [1.29, 1.82) is 0 Å². The summed E-state index contributed by atoms with van der Waals surface area (Å²) in [5.41, 5.74) is 0. The lowest BCUT2D eigenvalue weighted by Gasteiger charge is -2.25. The quantitative estimate of drug-likeness (QED) is 0.493. The maximum absolute atomic E-state index is 5.59. The van der Waals surface area contributed by atoms with Gasteiger partial charge in [-0.1, -0.05) is 0 Å². The zero-order chi connectivity index (χ0) is 19.0. The molecule has 0 saturated carbocycles. The van der Waals surface area contributed by atoms with Gasteiger partial charge < -0.3 is 27.9 Å². The molecule has 0 amide bonds. The summed E-state index contributed by atoms with van der Waals surface area (Å²) < 4.78 is 22.3. The molecule has 0 heterocycles. The fourth-order valence-corrected chi connectivity index (χ4v) is 6.36. The average Bonchev–Trinajstić information content (AvgIpc) is 2.48. The highest BCUT2D eigenvalue weighted by atomic mass is 28.4. The molecule has 0 aliphatic carbocycles. The third-order valence-corrected chi connectivity index (χ3v) is 8.79. The van der Waals surface area contributed by atoms with Gasteiger partial charge in [0.15, 0.2) is 0 Å². The van der Waals surface area contributed by atoms with E-state index in [1.54, 1.807) is 0 Å². The van der Waals surface area contributed by atoms with Gasteiger partial charge in [-0.25, -0.2) is 0 Å². The van der Waals surface area contributed by atoms with Crippen molar-refractivity contribution in [2.75, 3.05) is 53.7 Å². The van der Waals surface area contributed by atoms with Gasteiger partial charge >= 0.3 is 17.8 Å². The van der Waals surface area contributed by atoms with Crippen LogP contribution in [0, 0.1) is 0 Å². The molecule has 1 N–H and O–H groups in total. The second-order valence-corrected chi connectivity index (χ2v) is 11.1. The lowest BCUT2D eigenvalue weighted by atomic mass is 10.4. The SMILES string of the molecule is CCO[SiH](CC(C)N(C)C)OCC.CCO[Si](C)(CNC)OCC. The van der Waals surface area contributed by atoms with E-state index in [4.69, 9.17) is 17.7 Å². The van der Waals surface area contributed by atoms with E-state index in [0.717, 1.165) is 38.6 Å². The Kier molecular flexibility index (Phi) is 18.3. The van der Waals surface area contributed by atoms with Gasteiger partial charge in [0.05, 0.1) is 0 Å². The van der Waals surface area contributed by atoms with Crippen molar-refractivity contribution < 1.29 is 17.7 Å². The lowest BCUT2D eigenvalue weighted by Crippen LogP contribution is -2.47. The summed E-state index contributed by atoms with van der Waals surface area (Å²) in [5, 5.41) is 3.09. The summed E-state index contributed by atoms with van der Waals surface area (Å²) in [5.74, 6) is 0. The molecule has 1 atom stereocenters. The van der Waals surface area contributed by atoms with Crippen LogP contribution in [0.2, 0.25) is 12.6 Å². The molecule has 0 radical (unpaired) electrons. The van der Waals surface area contributed by atoms with E-state index >= 15 is 0 Å². The minimum atomic E-state index is -1.86. The highest BCUT2D eigenvalue weighted by Gasteiger charge is 2.29. The van der Waals surface area contributed by atoms with Crippen molar-refractivity contribution in [3.8, 4) is 0 Å². The van der Waals surface area contributed by atoms with Crippen LogP contribution in [-0.2, 0) is 17.7 Å². The molecule has 8 heteroatoms. The number of nitrogens with zero attached hydrogens (tertiary/aromatic N) is 1. The van der Waals surface area contributed by atoms with Gasteiger partial charge in [-0.2, -0.15) is 0 Å². The Morgan fingerprint density at radius 2 is 1.42 bits per heavy atom. The van der Waals surface area contributed by atoms with E-state index < -0.39 is 17.8 Å². The molecule has 148 valence electrons. The largest absolute Gasteiger partial charge is 0.397 e. The first-order valence-electron chi connectivity index (χ1n) is 9.12. The van der Waals surface area contributed by atoms with Gasteiger partial charge in [-0.15, -0.1) is 0 Å². The van der Waals surface area contributed by atoms with Gasteiger partial charge in [0, 0.05) is 44.7 Å². The summed E-state index contributed by atoms with van der Waals surface area (Å²) >= 11 is 0. The van der Waals surface area contributed by atoms with Crippen molar-refractivity contribution in [2.24, 2.45) is 0 Å². The summed E-state index contributed by atoms with van der Waals surface area (Å²) in [7, 11) is 2.85. The average molecular weight is 383 g/mol. The topological polar surface area (TPSA) is 52.2 Å². The van der Waals surface area contributed by atoms with Gasteiger partial charge in [0.1, 0.15) is 0 Å². The maximum Gasteiger partial charge on any atom is 0.349 e. The second kappa shape index (κ2) is 16.7. The van der Waals surface area contributed by atoms with Gasteiger partial charge in [-0.05, 0) is 62.3 Å². The van der Waals surface area contributed by atoms with Crippen molar-refractivity contribution in [3.05, 3.63) is 0 Å². The standard InChI is InChI=1S/C9H23NO2Si.C7H19NO2Si/c1-6-11-13(12-7-2)8-9(3)10(4)5;1-5-9-11(4,7-8-3)10-6-2/h9,13H,6-8H2,1-5H3;8H,5-7H2,1-4H3. The molecule has 0 saturated heterocycles. The predicted molar refractivity (Wildman–Crippen MR) is 107 cm³/mol. The van der Waals surface area contributed by atoms with Crippen molar-refractivity contribution >= 4 is 17.8 Å². The van der Waals surface area contributed by atoms with Gasteiger partial charge in [0.2, 0.25) is 0 Å². The van der Waals surface area contributed by atoms with Crippen molar-refractivity contribution in [2.45, 2.75) is 53.3 Å².